The summed E-state index contributed by atoms with van der Waals surface area (Å²) in [6, 6.07) is 12.4. The van der Waals surface area contributed by atoms with E-state index in [1.807, 2.05) is 0 Å². The minimum Gasteiger partial charge on any atom is -0.497 e. The predicted molar refractivity (Wildman–Crippen MR) is 133 cm³/mol. The number of aromatic nitrogens is 2. The van der Waals surface area contributed by atoms with Crippen LogP contribution in [0.2, 0.25) is 0 Å². The van der Waals surface area contributed by atoms with Crippen molar-refractivity contribution in [2.45, 2.75) is 13.5 Å². The number of hydrogen-bond acceptors (Lipinski definition) is 7. The van der Waals surface area contributed by atoms with E-state index in [0.717, 1.165) is 15.9 Å². The van der Waals surface area contributed by atoms with Gasteiger partial charge in [0.25, 0.3) is 17.2 Å². The first-order chi connectivity index (χ1) is 16.6. The first-order valence-corrected chi connectivity index (χ1v) is 11.3. The molecule has 0 atom stereocenters. The van der Waals surface area contributed by atoms with Crippen LogP contribution in [0.5, 0.6) is 5.75 Å². The molecule has 0 unspecified atom stereocenters. The number of nitro groups is 1. The van der Waals surface area contributed by atoms with E-state index in [0.29, 0.717) is 32.3 Å². The molecule has 10 nitrogen and oxygen atoms in total. The molecule has 11 heteroatoms. The van der Waals surface area contributed by atoms with E-state index in [1.54, 1.807) is 57.4 Å². The van der Waals surface area contributed by atoms with Crippen molar-refractivity contribution in [3.8, 4) is 11.4 Å². The van der Waals surface area contributed by atoms with Crippen LogP contribution in [0.25, 0.3) is 15.9 Å². The van der Waals surface area contributed by atoms with Crippen molar-refractivity contribution < 1.29 is 14.5 Å². The van der Waals surface area contributed by atoms with E-state index < -0.39 is 16.2 Å². The fourth-order valence-corrected chi connectivity index (χ4v) is 5.09. The number of fused-ring (bicyclic) bond motifs is 1. The highest BCUT2D eigenvalue weighted by Gasteiger charge is 2.24. The summed E-state index contributed by atoms with van der Waals surface area (Å²) in [5.74, 6) is 0.201. The zero-order valence-corrected chi connectivity index (χ0v) is 20.3. The number of thiophene rings is 1. The smallest absolute Gasteiger partial charge is 0.337 e. The molecule has 0 spiro atoms. The summed E-state index contributed by atoms with van der Waals surface area (Å²) < 4.78 is 7.73. The Morgan fingerprint density at radius 3 is 2.43 bits per heavy atom. The lowest BCUT2D eigenvalue weighted by molar-refractivity contribution is -0.384. The fraction of sp³-hybridized carbons (Fsp3) is 0.208. The Morgan fingerprint density at radius 1 is 1.14 bits per heavy atom. The van der Waals surface area contributed by atoms with Crippen molar-refractivity contribution in [1.29, 1.82) is 0 Å². The molecule has 0 aliphatic carbocycles. The molecular weight excluding hydrogens is 472 g/mol. The van der Waals surface area contributed by atoms with Crippen LogP contribution in [-0.2, 0) is 6.54 Å². The van der Waals surface area contributed by atoms with Crippen molar-refractivity contribution in [3.05, 3.63) is 95.5 Å². The van der Waals surface area contributed by atoms with Gasteiger partial charge in [0.1, 0.15) is 10.6 Å². The zero-order chi connectivity index (χ0) is 25.4. The largest absolute Gasteiger partial charge is 0.497 e. The first-order valence-electron chi connectivity index (χ1n) is 10.5. The molecule has 2 aromatic carbocycles. The summed E-state index contributed by atoms with van der Waals surface area (Å²) >= 11 is 1.08. The Kier molecular flexibility index (Phi) is 6.27. The molecule has 4 aromatic rings. The van der Waals surface area contributed by atoms with Gasteiger partial charge in [0.15, 0.2) is 0 Å². The van der Waals surface area contributed by atoms with E-state index in [4.69, 9.17) is 4.74 Å². The SMILES string of the molecule is COc1cccc(-n2c(=O)c3c(C)c(C(=O)N(C)C)sc3n(Cc3ccc([N+](=O)[O-])cc3)c2=O)c1. The normalized spacial score (nSPS) is 11.0. The number of non-ortho nitro benzene ring substituents is 1. The Morgan fingerprint density at radius 2 is 1.83 bits per heavy atom. The van der Waals surface area contributed by atoms with Crippen LogP contribution in [0, 0.1) is 17.0 Å². The van der Waals surface area contributed by atoms with Crippen molar-refractivity contribution in [1.82, 2.24) is 14.0 Å². The second-order valence-electron chi connectivity index (χ2n) is 8.07. The van der Waals surface area contributed by atoms with E-state index in [1.165, 1.54) is 28.7 Å². The van der Waals surface area contributed by atoms with Crippen LogP contribution in [0.15, 0.2) is 58.1 Å². The highest BCUT2D eigenvalue weighted by Crippen LogP contribution is 2.29. The third-order valence-corrected chi connectivity index (χ3v) is 6.92. The number of carbonyl (C=O) groups is 1. The maximum absolute atomic E-state index is 13.7. The molecule has 0 saturated carbocycles. The maximum atomic E-state index is 13.7. The van der Waals surface area contributed by atoms with Crippen molar-refractivity contribution in [2.24, 2.45) is 0 Å². The van der Waals surface area contributed by atoms with Gasteiger partial charge < -0.3 is 9.64 Å². The van der Waals surface area contributed by atoms with Crippen LogP contribution < -0.4 is 16.0 Å². The molecule has 0 aliphatic heterocycles. The molecule has 0 bridgehead atoms. The van der Waals surface area contributed by atoms with E-state index >= 15 is 0 Å². The molecule has 0 aliphatic rings. The highest BCUT2D eigenvalue weighted by molar-refractivity contribution is 7.20. The van der Waals surface area contributed by atoms with Crippen molar-refractivity contribution in [3.63, 3.8) is 0 Å². The lowest BCUT2D eigenvalue weighted by atomic mass is 10.2. The number of methoxy groups -OCH3 is 1. The second-order valence-corrected chi connectivity index (χ2v) is 9.07. The minimum atomic E-state index is -0.598. The van der Waals surface area contributed by atoms with Crippen LogP contribution in [0.4, 0.5) is 5.69 Å². The Hall–Kier alpha value is -4.25. The molecule has 180 valence electrons. The third kappa shape index (κ3) is 4.21. The summed E-state index contributed by atoms with van der Waals surface area (Å²) in [5.41, 5.74) is 0.233. The summed E-state index contributed by atoms with van der Waals surface area (Å²) in [7, 11) is 4.72. The number of nitro benzene ring substituents is 1. The third-order valence-electron chi connectivity index (χ3n) is 5.61. The van der Waals surface area contributed by atoms with Gasteiger partial charge >= 0.3 is 5.69 Å². The molecule has 0 N–H and O–H groups in total. The fourth-order valence-electron chi connectivity index (χ4n) is 3.78. The van der Waals surface area contributed by atoms with Gasteiger partial charge in [-0.3, -0.25) is 24.3 Å². The maximum Gasteiger partial charge on any atom is 0.337 e. The standard InChI is InChI=1S/C24H22N4O6S/c1-14-19-21(29)27(17-6-5-7-18(12-17)34-4)24(31)26(23(19)35-20(14)22(30)25(2)3)13-15-8-10-16(11-9-15)28(32)33/h5-12H,13H2,1-4H3. The molecule has 0 fully saturated rings. The number of carbonyl (C=O) groups excluding carboxylic acids is 1. The number of nitrogens with zero attached hydrogens (tertiary/aromatic N) is 4. The van der Waals surface area contributed by atoms with Crippen LogP contribution in [0.3, 0.4) is 0 Å². The van der Waals surface area contributed by atoms with Gasteiger partial charge in [0, 0.05) is 32.3 Å². The average Bonchev–Trinajstić information content (AvgIpc) is 3.18. The van der Waals surface area contributed by atoms with Gasteiger partial charge in [-0.25, -0.2) is 9.36 Å². The number of benzene rings is 2. The molecule has 0 radical (unpaired) electrons. The van der Waals surface area contributed by atoms with E-state index in [2.05, 4.69) is 0 Å². The molecule has 35 heavy (non-hydrogen) atoms. The van der Waals surface area contributed by atoms with Crippen molar-refractivity contribution in [2.75, 3.05) is 21.2 Å². The summed E-state index contributed by atoms with van der Waals surface area (Å²) in [6.45, 7) is 1.74. The lowest BCUT2D eigenvalue weighted by Crippen LogP contribution is -2.38. The second kappa shape index (κ2) is 9.18. The number of ether oxygens (including phenoxy) is 1. The number of hydrogen-bond donors (Lipinski definition) is 0. The quantitative estimate of drug-likeness (QED) is 0.300. The van der Waals surface area contributed by atoms with Gasteiger partial charge in [-0.15, -0.1) is 11.3 Å². The van der Waals surface area contributed by atoms with Gasteiger partial charge in [-0.05, 0) is 30.2 Å². The van der Waals surface area contributed by atoms with Gasteiger partial charge in [-0.1, -0.05) is 18.2 Å². The van der Waals surface area contributed by atoms with E-state index in [-0.39, 0.29) is 23.5 Å². The Balaban J connectivity index is 2.03. The van der Waals surface area contributed by atoms with Gasteiger partial charge in [0.05, 0.1) is 34.5 Å². The predicted octanol–water partition coefficient (Wildman–Crippen LogP) is 3.19. The van der Waals surface area contributed by atoms with Crippen LogP contribution in [-0.4, -0.2) is 46.1 Å². The Bertz CT molecular complexity index is 1580. The number of aryl methyl sites for hydroxylation is 1. The van der Waals surface area contributed by atoms with Crippen molar-refractivity contribution >= 4 is 33.1 Å². The zero-order valence-electron chi connectivity index (χ0n) is 19.5. The number of rotatable bonds is 6. The van der Waals surface area contributed by atoms with E-state index in [9.17, 15) is 24.5 Å². The minimum absolute atomic E-state index is 0.0487. The first kappa shape index (κ1) is 23.9. The summed E-state index contributed by atoms with van der Waals surface area (Å²) in [6.07, 6.45) is 0. The molecule has 1 amide bonds. The molecule has 4 rings (SSSR count). The molecular formula is C24H22N4O6S. The summed E-state index contributed by atoms with van der Waals surface area (Å²) in [4.78, 5) is 52.8. The Labute approximate surface area is 203 Å². The highest BCUT2D eigenvalue weighted by atomic mass is 32.1. The lowest BCUT2D eigenvalue weighted by Gasteiger charge is -2.13. The van der Waals surface area contributed by atoms with Gasteiger partial charge in [0.2, 0.25) is 0 Å². The van der Waals surface area contributed by atoms with Gasteiger partial charge in [-0.2, -0.15) is 0 Å². The number of amides is 1. The monoisotopic (exact) mass is 494 g/mol. The average molecular weight is 495 g/mol. The molecule has 0 saturated heterocycles. The van der Waals surface area contributed by atoms with Crippen LogP contribution >= 0.6 is 11.3 Å². The summed E-state index contributed by atoms with van der Waals surface area (Å²) in [5, 5.41) is 11.3. The molecule has 2 heterocycles. The topological polar surface area (TPSA) is 117 Å². The molecule has 2 aromatic heterocycles. The van der Waals surface area contributed by atoms with Crippen LogP contribution in [0.1, 0.15) is 20.8 Å².